The van der Waals surface area contributed by atoms with Crippen LogP contribution >= 0.6 is 0 Å². The van der Waals surface area contributed by atoms with E-state index in [4.69, 9.17) is 4.42 Å². The number of rotatable bonds is 1. The number of fused-ring (bicyclic) bond motifs is 1. The first-order valence-electron chi connectivity index (χ1n) is 3.98. The van der Waals surface area contributed by atoms with E-state index in [1.165, 1.54) is 13.5 Å². The standard InChI is InChI=1S/C9H8N2O3/c1-13-9(12)11-6-2-3-8-7(4-6)10-5-14-8/h2-5H,1H3,(H,11,12). The Morgan fingerprint density at radius 3 is 3.21 bits per heavy atom. The van der Waals surface area contributed by atoms with Crippen molar-refractivity contribution in [3.8, 4) is 0 Å². The molecule has 0 atom stereocenters. The number of benzene rings is 1. The van der Waals surface area contributed by atoms with E-state index < -0.39 is 6.09 Å². The third-order valence-corrected chi connectivity index (χ3v) is 1.76. The van der Waals surface area contributed by atoms with Crippen LogP contribution in [-0.2, 0) is 4.74 Å². The molecule has 0 bridgehead atoms. The molecule has 0 unspecified atom stereocenters. The van der Waals surface area contributed by atoms with Crippen LogP contribution in [0.4, 0.5) is 10.5 Å². The van der Waals surface area contributed by atoms with Gasteiger partial charge in [0.25, 0.3) is 0 Å². The van der Waals surface area contributed by atoms with E-state index in [1.807, 2.05) is 0 Å². The van der Waals surface area contributed by atoms with Crippen molar-refractivity contribution in [3.05, 3.63) is 24.6 Å². The van der Waals surface area contributed by atoms with Crippen molar-refractivity contribution in [2.45, 2.75) is 0 Å². The van der Waals surface area contributed by atoms with Gasteiger partial charge in [0.1, 0.15) is 5.52 Å². The van der Waals surface area contributed by atoms with Gasteiger partial charge in [0, 0.05) is 5.69 Å². The van der Waals surface area contributed by atoms with E-state index in [-0.39, 0.29) is 0 Å². The molecule has 0 saturated carbocycles. The van der Waals surface area contributed by atoms with Crippen LogP contribution in [0.25, 0.3) is 11.1 Å². The highest BCUT2D eigenvalue weighted by atomic mass is 16.5. The first kappa shape index (κ1) is 8.55. The van der Waals surface area contributed by atoms with Gasteiger partial charge in [-0.25, -0.2) is 9.78 Å². The number of methoxy groups -OCH3 is 1. The molecule has 5 nitrogen and oxygen atoms in total. The van der Waals surface area contributed by atoms with Crippen molar-refractivity contribution in [1.29, 1.82) is 0 Å². The third-order valence-electron chi connectivity index (χ3n) is 1.76. The van der Waals surface area contributed by atoms with Gasteiger partial charge in [-0.3, -0.25) is 5.32 Å². The Labute approximate surface area is 79.7 Å². The smallest absolute Gasteiger partial charge is 0.411 e. The van der Waals surface area contributed by atoms with Crippen LogP contribution in [0.15, 0.2) is 29.0 Å². The van der Waals surface area contributed by atoms with Crippen molar-refractivity contribution in [3.63, 3.8) is 0 Å². The van der Waals surface area contributed by atoms with Crippen LogP contribution in [0.1, 0.15) is 0 Å². The zero-order valence-electron chi connectivity index (χ0n) is 7.48. The highest BCUT2D eigenvalue weighted by Crippen LogP contribution is 2.17. The molecule has 1 aromatic carbocycles. The number of hydrogen-bond donors (Lipinski definition) is 1. The number of nitrogens with zero attached hydrogens (tertiary/aromatic N) is 1. The molecule has 0 fully saturated rings. The lowest BCUT2D eigenvalue weighted by Gasteiger charge is -2.01. The molecule has 5 heteroatoms. The predicted octanol–water partition coefficient (Wildman–Crippen LogP) is 2.01. The Bertz CT molecular complexity index is 464. The van der Waals surface area contributed by atoms with Gasteiger partial charge in [0.15, 0.2) is 12.0 Å². The lowest BCUT2D eigenvalue weighted by atomic mass is 10.3. The molecule has 14 heavy (non-hydrogen) atoms. The molecule has 72 valence electrons. The van der Waals surface area contributed by atoms with Crippen LogP contribution in [0.2, 0.25) is 0 Å². The Balaban J connectivity index is 2.30. The number of ether oxygens (including phenoxy) is 1. The molecule has 0 aliphatic rings. The fourth-order valence-corrected chi connectivity index (χ4v) is 1.10. The number of nitrogens with one attached hydrogen (secondary N) is 1. The summed E-state index contributed by atoms with van der Waals surface area (Å²) in [6.07, 6.45) is 0.847. The minimum Gasteiger partial charge on any atom is -0.453 e. The molecule has 1 amide bonds. The normalized spacial score (nSPS) is 10.1. The maximum absolute atomic E-state index is 10.9. The Hall–Kier alpha value is -2.04. The Morgan fingerprint density at radius 2 is 2.43 bits per heavy atom. The molecule has 2 rings (SSSR count). The lowest BCUT2D eigenvalue weighted by molar-refractivity contribution is 0.187. The summed E-state index contributed by atoms with van der Waals surface area (Å²) in [7, 11) is 1.31. The van der Waals surface area contributed by atoms with Crippen molar-refractivity contribution in [2.24, 2.45) is 0 Å². The fraction of sp³-hybridized carbons (Fsp3) is 0.111. The average Bonchev–Trinajstić information content (AvgIpc) is 2.64. The quantitative estimate of drug-likeness (QED) is 0.750. The average molecular weight is 192 g/mol. The van der Waals surface area contributed by atoms with Gasteiger partial charge < -0.3 is 9.15 Å². The maximum Gasteiger partial charge on any atom is 0.411 e. The zero-order chi connectivity index (χ0) is 9.97. The number of oxazole rings is 1. The van der Waals surface area contributed by atoms with E-state index in [0.29, 0.717) is 16.8 Å². The molecule has 1 N–H and O–H groups in total. The van der Waals surface area contributed by atoms with Crippen LogP contribution in [0.5, 0.6) is 0 Å². The summed E-state index contributed by atoms with van der Waals surface area (Å²) in [6, 6.07) is 5.15. The molecule has 0 aliphatic carbocycles. The number of carbonyl (C=O) groups excluding carboxylic acids is 1. The molecule has 1 heterocycles. The number of carbonyl (C=O) groups is 1. The number of amides is 1. The highest BCUT2D eigenvalue weighted by molar-refractivity contribution is 5.87. The summed E-state index contributed by atoms with van der Waals surface area (Å²) >= 11 is 0. The minimum atomic E-state index is -0.507. The summed E-state index contributed by atoms with van der Waals surface area (Å²) in [5, 5.41) is 2.53. The van der Waals surface area contributed by atoms with Crippen molar-refractivity contribution in [1.82, 2.24) is 4.98 Å². The van der Waals surface area contributed by atoms with E-state index in [2.05, 4.69) is 15.0 Å². The second-order valence-corrected chi connectivity index (χ2v) is 2.65. The summed E-state index contributed by atoms with van der Waals surface area (Å²) in [4.78, 5) is 14.8. The molecular formula is C9H8N2O3. The van der Waals surface area contributed by atoms with Gasteiger partial charge in [-0.15, -0.1) is 0 Å². The summed E-state index contributed by atoms with van der Waals surface area (Å²) in [5.74, 6) is 0. The molecule has 0 saturated heterocycles. The van der Waals surface area contributed by atoms with Crippen molar-refractivity contribution in [2.75, 3.05) is 12.4 Å². The third kappa shape index (κ3) is 1.52. The maximum atomic E-state index is 10.9. The molecule has 0 spiro atoms. The van der Waals surface area contributed by atoms with Gasteiger partial charge in [-0.1, -0.05) is 0 Å². The van der Waals surface area contributed by atoms with Gasteiger partial charge in [-0.2, -0.15) is 0 Å². The monoisotopic (exact) mass is 192 g/mol. The first-order valence-corrected chi connectivity index (χ1v) is 3.98. The van der Waals surface area contributed by atoms with E-state index in [9.17, 15) is 4.79 Å². The number of aromatic nitrogens is 1. The number of hydrogen-bond acceptors (Lipinski definition) is 4. The van der Waals surface area contributed by atoms with E-state index >= 15 is 0 Å². The molecule has 1 aromatic heterocycles. The Morgan fingerprint density at radius 1 is 1.57 bits per heavy atom. The van der Waals surface area contributed by atoms with Crippen LogP contribution in [0, 0.1) is 0 Å². The SMILES string of the molecule is COC(=O)Nc1ccc2ocnc2c1. The summed E-state index contributed by atoms with van der Waals surface area (Å²) < 4.78 is 9.50. The predicted molar refractivity (Wildman–Crippen MR) is 50.0 cm³/mol. The van der Waals surface area contributed by atoms with Crippen molar-refractivity contribution < 1.29 is 13.9 Å². The summed E-state index contributed by atoms with van der Waals surface area (Å²) in [5.41, 5.74) is 2.00. The van der Waals surface area contributed by atoms with Gasteiger partial charge in [0.05, 0.1) is 7.11 Å². The highest BCUT2D eigenvalue weighted by Gasteiger charge is 2.03. The topological polar surface area (TPSA) is 64.4 Å². The lowest BCUT2D eigenvalue weighted by Crippen LogP contribution is -2.10. The van der Waals surface area contributed by atoms with E-state index in [0.717, 1.165) is 0 Å². The second kappa shape index (κ2) is 3.37. The zero-order valence-corrected chi connectivity index (χ0v) is 7.48. The van der Waals surface area contributed by atoms with Gasteiger partial charge in [-0.05, 0) is 18.2 Å². The van der Waals surface area contributed by atoms with E-state index in [1.54, 1.807) is 18.2 Å². The number of anilines is 1. The van der Waals surface area contributed by atoms with Crippen molar-refractivity contribution >= 4 is 22.9 Å². The van der Waals surface area contributed by atoms with Gasteiger partial charge >= 0.3 is 6.09 Å². The van der Waals surface area contributed by atoms with Crippen LogP contribution < -0.4 is 5.32 Å². The molecule has 0 aliphatic heterocycles. The fourth-order valence-electron chi connectivity index (χ4n) is 1.10. The Kier molecular flexibility index (Phi) is 2.06. The van der Waals surface area contributed by atoms with Crippen LogP contribution in [0.3, 0.4) is 0 Å². The second-order valence-electron chi connectivity index (χ2n) is 2.65. The largest absolute Gasteiger partial charge is 0.453 e. The van der Waals surface area contributed by atoms with Gasteiger partial charge in [0.2, 0.25) is 0 Å². The summed E-state index contributed by atoms with van der Waals surface area (Å²) in [6.45, 7) is 0. The molecular weight excluding hydrogens is 184 g/mol. The minimum absolute atomic E-state index is 0.507. The first-order chi connectivity index (χ1) is 6.79. The molecule has 2 aromatic rings. The molecule has 0 radical (unpaired) electrons. The van der Waals surface area contributed by atoms with Crippen LogP contribution in [-0.4, -0.2) is 18.2 Å².